The molecule has 2 aromatic heterocycles. The maximum absolute atomic E-state index is 12.3. The number of hydrogen-bond donors (Lipinski definition) is 0. The molecule has 0 aliphatic heterocycles. The molecule has 0 unspecified atom stereocenters. The molecule has 0 N–H and O–H groups in total. The van der Waals surface area contributed by atoms with E-state index in [-0.39, 0.29) is 0 Å². The molecule has 0 saturated heterocycles. The number of methoxy groups -OCH3 is 1. The Hall–Kier alpha value is -3.60. The fourth-order valence-corrected chi connectivity index (χ4v) is 2.81. The lowest BCUT2D eigenvalue weighted by atomic mass is 10.1. The lowest BCUT2D eigenvalue weighted by Gasteiger charge is -2.08. The van der Waals surface area contributed by atoms with E-state index in [2.05, 4.69) is 4.98 Å². The van der Waals surface area contributed by atoms with Gasteiger partial charge in [-0.05, 0) is 48.0 Å². The Morgan fingerprint density at radius 2 is 1.89 bits per heavy atom. The second-order valence-corrected chi connectivity index (χ2v) is 6.00. The van der Waals surface area contributed by atoms with Crippen LogP contribution in [0, 0.1) is 0 Å². The van der Waals surface area contributed by atoms with Crippen LogP contribution in [0.1, 0.15) is 5.56 Å². The third-order valence-corrected chi connectivity index (χ3v) is 4.19. The van der Waals surface area contributed by atoms with Crippen molar-refractivity contribution in [3.63, 3.8) is 0 Å². The van der Waals surface area contributed by atoms with E-state index >= 15 is 0 Å². The van der Waals surface area contributed by atoms with Gasteiger partial charge in [0, 0.05) is 17.6 Å². The standard InChI is InChI=1S/C22H17NO4/c1-25-17-6-4-5-15(11-17)14-26-18-9-8-16-12-19(20-7-2-3-10-23-20)22(24)27-21(16)13-18/h2-13H,14H2,1H3. The summed E-state index contributed by atoms with van der Waals surface area (Å²) in [6.07, 6.45) is 1.65. The van der Waals surface area contributed by atoms with Gasteiger partial charge < -0.3 is 13.9 Å². The van der Waals surface area contributed by atoms with Crippen molar-refractivity contribution >= 4 is 11.0 Å². The molecule has 0 aliphatic rings. The van der Waals surface area contributed by atoms with Gasteiger partial charge in [-0.3, -0.25) is 4.98 Å². The van der Waals surface area contributed by atoms with Crippen molar-refractivity contribution in [3.05, 3.63) is 88.9 Å². The molecule has 27 heavy (non-hydrogen) atoms. The summed E-state index contributed by atoms with van der Waals surface area (Å²) >= 11 is 0. The first-order valence-corrected chi connectivity index (χ1v) is 8.48. The van der Waals surface area contributed by atoms with Gasteiger partial charge in [-0.2, -0.15) is 0 Å². The quantitative estimate of drug-likeness (QED) is 0.493. The summed E-state index contributed by atoms with van der Waals surface area (Å²) in [4.78, 5) is 16.5. The van der Waals surface area contributed by atoms with E-state index in [1.165, 1.54) is 0 Å². The molecule has 0 bridgehead atoms. The Labute approximate surface area is 155 Å². The van der Waals surface area contributed by atoms with Crippen LogP contribution in [0.2, 0.25) is 0 Å². The third kappa shape index (κ3) is 3.67. The lowest BCUT2D eigenvalue weighted by Crippen LogP contribution is -2.04. The van der Waals surface area contributed by atoms with Gasteiger partial charge in [0.2, 0.25) is 0 Å². The molecule has 134 valence electrons. The first kappa shape index (κ1) is 16.8. The molecular weight excluding hydrogens is 342 g/mol. The highest BCUT2D eigenvalue weighted by atomic mass is 16.5. The second kappa shape index (κ2) is 7.33. The zero-order valence-corrected chi connectivity index (χ0v) is 14.7. The number of rotatable bonds is 5. The Balaban J connectivity index is 1.60. The van der Waals surface area contributed by atoms with E-state index in [1.807, 2.05) is 42.5 Å². The number of fused-ring (bicyclic) bond motifs is 1. The molecule has 2 aromatic carbocycles. The SMILES string of the molecule is COc1cccc(COc2ccc3cc(-c4ccccn4)c(=O)oc3c2)c1. The van der Waals surface area contributed by atoms with Gasteiger partial charge in [-0.15, -0.1) is 0 Å². The highest BCUT2D eigenvalue weighted by Crippen LogP contribution is 2.24. The van der Waals surface area contributed by atoms with Crippen LogP contribution in [0.5, 0.6) is 11.5 Å². The largest absolute Gasteiger partial charge is 0.497 e. The van der Waals surface area contributed by atoms with Crippen molar-refractivity contribution in [3.8, 4) is 22.8 Å². The maximum atomic E-state index is 12.3. The van der Waals surface area contributed by atoms with E-state index in [0.717, 1.165) is 16.7 Å². The van der Waals surface area contributed by atoms with Crippen LogP contribution < -0.4 is 15.1 Å². The normalized spacial score (nSPS) is 10.7. The highest BCUT2D eigenvalue weighted by Gasteiger charge is 2.09. The number of nitrogens with zero attached hydrogens (tertiary/aromatic N) is 1. The van der Waals surface area contributed by atoms with Crippen molar-refractivity contribution in [1.82, 2.24) is 4.98 Å². The van der Waals surface area contributed by atoms with Crippen molar-refractivity contribution in [2.24, 2.45) is 0 Å². The van der Waals surface area contributed by atoms with Gasteiger partial charge >= 0.3 is 5.63 Å². The van der Waals surface area contributed by atoms with Gasteiger partial charge in [0.05, 0.1) is 18.4 Å². The molecular formula is C22H17NO4. The van der Waals surface area contributed by atoms with Crippen LogP contribution in [0.15, 0.2) is 82.1 Å². The molecule has 0 spiro atoms. The summed E-state index contributed by atoms with van der Waals surface area (Å²) in [5.41, 5.74) is 2.06. The van der Waals surface area contributed by atoms with E-state index < -0.39 is 5.63 Å². The zero-order chi connectivity index (χ0) is 18.6. The Morgan fingerprint density at radius 3 is 2.70 bits per heavy atom. The number of ether oxygens (including phenoxy) is 2. The van der Waals surface area contributed by atoms with Gasteiger partial charge in [-0.1, -0.05) is 18.2 Å². The molecule has 0 radical (unpaired) electrons. The van der Waals surface area contributed by atoms with Crippen LogP contribution in [0.4, 0.5) is 0 Å². The first-order chi connectivity index (χ1) is 13.2. The fourth-order valence-electron chi connectivity index (χ4n) is 2.81. The van der Waals surface area contributed by atoms with Crippen molar-refractivity contribution in [2.75, 3.05) is 7.11 Å². The average Bonchev–Trinajstić information content (AvgIpc) is 2.72. The van der Waals surface area contributed by atoms with Crippen LogP contribution in [0.25, 0.3) is 22.2 Å². The van der Waals surface area contributed by atoms with E-state index in [0.29, 0.717) is 29.2 Å². The monoisotopic (exact) mass is 359 g/mol. The average molecular weight is 359 g/mol. The minimum atomic E-state index is -0.425. The zero-order valence-electron chi connectivity index (χ0n) is 14.7. The molecule has 5 nitrogen and oxygen atoms in total. The van der Waals surface area contributed by atoms with E-state index in [9.17, 15) is 4.79 Å². The molecule has 0 fully saturated rings. The van der Waals surface area contributed by atoms with Crippen molar-refractivity contribution in [2.45, 2.75) is 6.61 Å². The van der Waals surface area contributed by atoms with Crippen molar-refractivity contribution < 1.29 is 13.9 Å². The number of benzene rings is 2. The second-order valence-electron chi connectivity index (χ2n) is 6.00. The van der Waals surface area contributed by atoms with E-state index in [4.69, 9.17) is 13.9 Å². The Kier molecular flexibility index (Phi) is 4.58. The fraction of sp³-hybridized carbons (Fsp3) is 0.0909. The summed E-state index contributed by atoms with van der Waals surface area (Å²) in [7, 11) is 1.63. The molecule has 5 heteroatoms. The van der Waals surface area contributed by atoms with Gasteiger partial charge in [0.15, 0.2) is 0 Å². The minimum Gasteiger partial charge on any atom is -0.497 e. The first-order valence-electron chi connectivity index (χ1n) is 8.48. The van der Waals surface area contributed by atoms with Gasteiger partial charge in [0.1, 0.15) is 23.7 Å². The molecule has 0 saturated carbocycles. The predicted octanol–water partition coefficient (Wildman–Crippen LogP) is 4.44. The topological polar surface area (TPSA) is 61.6 Å². The maximum Gasteiger partial charge on any atom is 0.345 e. The van der Waals surface area contributed by atoms with Crippen LogP contribution >= 0.6 is 0 Å². The third-order valence-electron chi connectivity index (χ3n) is 4.19. The highest BCUT2D eigenvalue weighted by molar-refractivity contribution is 5.82. The molecule has 4 aromatic rings. The van der Waals surface area contributed by atoms with Crippen molar-refractivity contribution in [1.29, 1.82) is 0 Å². The number of hydrogen-bond acceptors (Lipinski definition) is 5. The molecule has 0 amide bonds. The summed E-state index contributed by atoms with van der Waals surface area (Å²) < 4.78 is 16.5. The molecule has 4 rings (SSSR count). The smallest absolute Gasteiger partial charge is 0.345 e. The number of pyridine rings is 1. The van der Waals surface area contributed by atoms with Gasteiger partial charge in [0.25, 0.3) is 0 Å². The summed E-state index contributed by atoms with van der Waals surface area (Å²) in [5, 5.41) is 0.809. The van der Waals surface area contributed by atoms with Crippen LogP contribution in [0.3, 0.4) is 0 Å². The minimum absolute atomic E-state index is 0.388. The molecule has 2 heterocycles. The van der Waals surface area contributed by atoms with E-state index in [1.54, 1.807) is 37.6 Å². The van der Waals surface area contributed by atoms with Gasteiger partial charge in [-0.25, -0.2) is 4.79 Å². The Bertz CT molecular complexity index is 1140. The lowest BCUT2D eigenvalue weighted by molar-refractivity contribution is 0.305. The summed E-state index contributed by atoms with van der Waals surface area (Å²) in [5.74, 6) is 1.40. The summed E-state index contributed by atoms with van der Waals surface area (Å²) in [6.45, 7) is 0.388. The van der Waals surface area contributed by atoms with Crippen LogP contribution in [-0.2, 0) is 6.61 Å². The molecule has 0 atom stereocenters. The van der Waals surface area contributed by atoms with Crippen LogP contribution in [-0.4, -0.2) is 12.1 Å². The number of aromatic nitrogens is 1. The summed E-state index contributed by atoms with van der Waals surface area (Å²) in [6, 6.07) is 20.3. The predicted molar refractivity (Wildman–Crippen MR) is 103 cm³/mol. The molecule has 0 aliphatic carbocycles. The Morgan fingerprint density at radius 1 is 0.963 bits per heavy atom.